The summed E-state index contributed by atoms with van der Waals surface area (Å²) < 4.78 is 3.60. The van der Waals surface area contributed by atoms with Gasteiger partial charge in [0, 0.05) is 40.3 Å². The molecule has 120 valence electrons. The first-order valence-electron chi connectivity index (χ1n) is 7.57. The van der Waals surface area contributed by atoms with Crippen LogP contribution in [0.15, 0.2) is 28.1 Å². The van der Waals surface area contributed by atoms with Crippen LogP contribution in [0, 0.1) is 5.41 Å². The van der Waals surface area contributed by atoms with E-state index < -0.39 is 0 Å². The number of nitrogens with zero attached hydrogens (tertiary/aromatic N) is 4. The largest absolute Gasteiger partial charge is 0.328 e. The van der Waals surface area contributed by atoms with Gasteiger partial charge < -0.3 is 5.01 Å². The van der Waals surface area contributed by atoms with E-state index in [1.54, 1.807) is 9.58 Å². The molecule has 0 saturated heterocycles. The van der Waals surface area contributed by atoms with Crippen LogP contribution in [0.4, 0.5) is 0 Å². The molecular formula is C17H26N4O. The number of fused-ring (bicyclic) bond motifs is 1. The van der Waals surface area contributed by atoms with E-state index in [2.05, 4.69) is 38.0 Å². The first-order valence-corrected chi connectivity index (χ1v) is 7.57. The van der Waals surface area contributed by atoms with Gasteiger partial charge in [0.25, 0.3) is 0 Å². The molecule has 0 N–H and O–H groups in total. The lowest BCUT2D eigenvalue weighted by Crippen LogP contribution is -2.27. The molecule has 0 amide bonds. The minimum atomic E-state index is 0.0454. The van der Waals surface area contributed by atoms with Crippen molar-refractivity contribution in [2.24, 2.45) is 17.6 Å². The Labute approximate surface area is 131 Å². The lowest BCUT2D eigenvalue weighted by Gasteiger charge is -2.18. The van der Waals surface area contributed by atoms with Gasteiger partial charge in [0.15, 0.2) is 0 Å². The van der Waals surface area contributed by atoms with E-state index in [-0.39, 0.29) is 11.1 Å². The zero-order valence-corrected chi connectivity index (χ0v) is 14.4. The average molecular weight is 302 g/mol. The van der Waals surface area contributed by atoms with Crippen LogP contribution in [0.25, 0.3) is 11.0 Å². The number of imidazole rings is 1. The second-order valence-corrected chi connectivity index (χ2v) is 7.16. The molecule has 0 aliphatic carbocycles. The van der Waals surface area contributed by atoms with Gasteiger partial charge in [-0.3, -0.25) is 9.13 Å². The molecule has 0 atom stereocenters. The highest BCUT2D eigenvalue weighted by Gasteiger charge is 2.17. The summed E-state index contributed by atoms with van der Waals surface area (Å²) >= 11 is 0. The molecule has 2 rings (SSSR count). The van der Waals surface area contributed by atoms with Crippen molar-refractivity contribution in [3.8, 4) is 0 Å². The van der Waals surface area contributed by atoms with E-state index >= 15 is 0 Å². The predicted octanol–water partition coefficient (Wildman–Crippen LogP) is 2.48. The maximum Gasteiger partial charge on any atom is 0.328 e. The van der Waals surface area contributed by atoms with E-state index in [1.807, 2.05) is 38.0 Å². The van der Waals surface area contributed by atoms with Crippen LogP contribution in [0.5, 0.6) is 0 Å². The Morgan fingerprint density at radius 2 is 1.91 bits per heavy atom. The second-order valence-electron chi connectivity index (χ2n) is 7.16. The third-order valence-corrected chi connectivity index (χ3v) is 3.48. The summed E-state index contributed by atoms with van der Waals surface area (Å²) in [5.74, 6) is 0. The van der Waals surface area contributed by atoms with Crippen LogP contribution in [-0.4, -0.2) is 34.5 Å². The normalized spacial score (nSPS) is 12.5. The first-order chi connectivity index (χ1) is 10.2. The zero-order valence-electron chi connectivity index (χ0n) is 14.4. The van der Waals surface area contributed by atoms with Gasteiger partial charge in [-0.15, -0.1) is 0 Å². The Bertz CT molecular complexity index is 744. The molecule has 0 unspecified atom stereocenters. The second kappa shape index (κ2) is 5.99. The van der Waals surface area contributed by atoms with Gasteiger partial charge in [-0.25, -0.2) is 4.79 Å². The predicted molar refractivity (Wildman–Crippen MR) is 92.5 cm³/mol. The van der Waals surface area contributed by atoms with Crippen molar-refractivity contribution in [1.82, 2.24) is 14.1 Å². The Kier molecular flexibility index (Phi) is 4.44. The molecule has 2 aromatic rings. The molecule has 1 aromatic heterocycles. The molecule has 0 saturated carbocycles. The molecule has 22 heavy (non-hydrogen) atoms. The van der Waals surface area contributed by atoms with Crippen molar-refractivity contribution >= 4 is 17.2 Å². The first kappa shape index (κ1) is 16.3. The van der Waals surface area contributed by atoms with Crippen molar-refractivity contribution in [2.45, 2.75) is 33.7 Å². The SMILES string of the molecule is CN(C)N=CCc1ccc2c(c1)n(C)c(=O)n2CC(C)(C)C. The quantitative estimate of drug-likeness (QED) is 0.643. The van der Waals surface area contributed by atoms with E-state index in [4.69, 9.17) is 0 Å². The van der Waals surface area contributed by atoms with Crippen LogP contribution in [0.3, 0.4) is 0 Å². The van der Waals surface area contributed by atoms with E-state index in [9.17, 15) is 4.79 Å². The monoisotopic (exact) mass is 302 g/mol. The third-order valence-electron chi connectivity index (χ3n) is 3.48. The number of hydrogen-bond donors (Lipinski definition) is 0. The van der Waals surface area contributed by atoms with E-state index in [0.29, 0.717) is 6.54 Å². The van der Waals surface area contributed by atoms with Gasteiger partial charge in [0.05, 0.1) is 11.0 Å². The van der Waals surface area contributed by atoms with Crippen molar-refractivity contribution in [1.29, 1.82) is 0 Å². The fraction of sp³-hybridized carbons (Fsp3) is 0.529. The molecule has 0 fully saturated rings. The molecule has 0 aliphatic rings. The number of benzene rings is 1. The number of hydrogen-bond acceptors (Lipinski definition) is 3. The number of aromatic nitrogens is 2. The van der Waals surface area contributed by atoms with Crippen LogP contribution in [0.1, 0.15) is 26.3 Å². The summed E-state index contributed by atoms with van der Waals surface area (Å²) in [4.78, 5) is 12.5. The summed E-state index contributed by atoms with van der Waals surface area (Å²) in [5, 5.41) is 6.00. The molecule has 0 bridgehead atoms. The van der Waals surface area contributed by atoms with E-state index in [0.717, 1.165) is 23.0 Å². The highest BCUT2D eigenvalue weighted by atomic mass is 16.1. The van der Waals surface area contributed by atoms with Gasteiger partial charge >= 0.3 is 5.69 Å². The molecule has 0 spiro atoms. The standard InChI is InChI=1S/C17H26N4O/c1-17(2,3)12-21-14-8-7-13(9-10-18-19(4)5)11-15(14)20(6)16(21)22/h7-8,10-11H,9,12H2,1-6H3. The summed E-state index contributed by atoms with van der Waals surface area (Å²) in [6.45, 7) is 7.14. The summed E-state index contributed by atoms with van der Waals surface area (Å²) in [6, 6.07) is 6.20. The third kappa shape index (κ3) is 3.59. The fourth-order valence-electron chi connectivity index (χ4n) is 2.52. The van der Waals surface area contributed by atoms with Gasteiger partial charge in [-0.2, -0.15) is 5.10 Å². The number of rotatable bonds is 4. The van der Waals surface area contributed by atoms with Crippen LogP contribution in [-0.2, 0) is 20.0 Å². The minimum absolute atomic E-state index is 0.0454. The van der Waals surface area contributed by atoms with Crippen LogP contribution >= 0.6 is 0 Å². The summed E-state index contributed by atoms with van der Waals surface area (Å²) in [5.41, 5.74) is 3.24. The van der Waals surface area contributed by atoms with Gasteiger partial charge in [-0.1, -0.05) is 26.8 Å². The summed E-state index contributed by atoms with van der Waals surface area (Å²) in [6.07, 6.45) is 2.64. The Morgan fingerprint density at radius 1 is 1.23 bits per heavy atom. The van der Waals surface area contributed by atoms with Crippen molar-refractivity contribution < 1.29 is 0 Å². The van der Waals surface area contributed by atoms with Gasteiger partial charge in [0.1, 0.15) is 0 Å². The fourth-order valence-corrected chi connectivity index (χ4v) is 2.52. The lowest BCUT2D eigenvalue weighted by atomic mass is 9.97. The maximum atomic E-state index is 12.5. The van der Waals surface area contributed by atoms with Crippen molar-refractivity contribution in [3.63, 3.8) is 0 Å². The Balaban J connectivity index is 2.42. The molecule has 1 heterocycles. The highest BCUT2D eigenvalue weighted by Crippen LogP contribution is 2.21. The molecule has 5 nitrogen and oxygen atoms in total. The number of aryl methyl sites for hydroxylation is 1. The minimum Gasteiger partial charge on any atom is -0.303 e. The highest BCUT2D eigenvalue weighted by molar-refractivity contribution is 5.78. The lowest BCUT2D eigenvalue weighted by molar-refractivity contribution is 0.342. The van der Waals surface area contributed by atoms with Gasteiger partial charge in [-0.05, 0) is 23.1 Å². The molecular weight excluding hydrogens is 276 g/mol. The smallest absolute Gasteiger partial charge is 0.303 e. The molecule has 5 heteroatoms. The molecule has 0 aliphatic heterocycles. The van der Waals surface area contributed by atoms with Crippen LogP contribution < -0.4 is 5.69 Å². The molecule has 0 radical (unpaired) electrons. The molecule has 1 aromatic carbocycles. The van der Waals surface area contributed by atoms with Crippen LogP contribution in [0.2, 0.25) is 0 Å². The van der Waals surface area contributed by atoms with E-state index in [1.165, 1.54) is 0 Å². The topological polar surface area (TPSA) is 42.5 Å². The van der Waals surface area contributed by atoms with Crippen molar-refractivity contribution in [2.75, 3.05) is 14.1 Å². The maximum absolute atomic E-state index is 12.5. The van der Waals surface area contributed by atoms with Crippen molar-refractivity contribution in [3.05, 3.63) is 34.2 Å². The average Bonchev–Trinajstić information content (AvgIpc) is 2.62. The van der Waals surface area contributed by atoms with Gasteiger partial charge in [0.2, 0.25) is 0 Å². The Morgan fingerprint density at radius 3 is 2.50 bits per heavy atom. The summed E-state index contributed by atoms with van der Waals surface area (Å²) in [7, 11) is 5.63. The Hall–Kier alpha value is -2.04. The number of hydrazone groups is 1. The zero-order chi connectivity index (χ0) is 16.5.